The zero-order chi connectivity index (χ0) is 22.8. The number of hydrogen-bond acceptors (Lipinski definition) is 1. The lowest BCUT2D eigenvalue weighted by molar-refractivity contribution is 0.992. The number of allylic oxidation sites excluding steroid dienone is 16. The maximum absolute atomic E-state index is 4.87. The summed E-state index contributed by atoms with van der Waals surface area (Å²) in [7, 11) is 0. The molecule has 0 aliphatic rings. The summed E-state index contributed by atoms with van der Waals surface area (Å²) in [4.78, 5) is 4.87. The van der Waals surface area contributed by atoms with Gasteiger partial charge in [0.15, 0.2) is 0 Å². The van der Waals surface area contributed by atoms with E-state index in [1.807, 2.05) is 31.2 Å². The summed E-state index contributed by atoms with van der Waals surface area (Å²) >= 11 is 0. The fraction of sp³-hybridized carbons (Fsp3) is 0.276. The van der Waals surface area contributed by atoms with E-state index in [9.17, 15) is 0 Å². The molecule has 0 aliphatic heterocycles. The average Bonchev–Trinajstić information content (AvgIpc) is 2.73. The van der Waals surface area contributed by atoms with E-state index in [0.29, 0.717) is 0 Å². The van der Waals surface area contributed by atoms with Crippen LogP contribution < -0.4 is 0 Å². The SMILES string of the molecule is C=C/C=C\C=C(/C)C(=C)/N=C(\C=C(/C)C/C=C(C)\C=C/C=C)C(C)/C=C\C=C/CC. The molecule has 30 heavy (non-hydrogen) atoms. The van der Waals surface area contributed by atoms with Gasteiger partial charge in [-0.3, -0.25) is 4.99 Å². The highest BCUT2D eigenvalue weighted by molar-refractivity contribution is 5.99. The molecule has 0 spiro atoms. The Morgan fingerprint density at radius 3 is 2.30 bits per heavy atom. The fourth-order valence-electron chi connectivity index (χ4n) is 2.35. The van der Waals surface area contributed by atoms with Gasteiger partial charge in [-0.15, -0.1) is 0 Å². The Balaban J connectivity index is 5.76. The lowest BCUT2D eigenvalue weighted by atomic mass is 10.0. The van der Waals surface area contributed by atoms with E-state index < -0.39 is 0 Å². The summed E-state index contributed by atoms with van der Waals surface area (Å²) in [5.41, 5.74) is 5.28. The normalized spacial score (nSPS) is 15.6. The topological polar surface area (TPSA) is 12.4 Å². The van der Waals surface area contributed by atoms with Crippen molar-refractivity contribution in [3.05, 3.63) is 121 Å². The summed E-state index contributed by atoms with van der Waals surface area (Å²) in [6.45, 7) is 22.1. The highest BCUT2D eigenvalue weighted by Gasteiger charge is 2.07. The third-order valence-electron chi connectivity index (χ3n) is 4.30. The minimum atomic E-state index is 0.181. The van der Waals surface area contributed by atoms with Crippen LogP contribution in [-0.2, 0) is 0 Å². The number of aliphatic imine (C=N–C) groups is 1. The van der Waals surface area contributed by atoms with E-state index in [4.69, 9.17) is 4.99 Å². The zero-order valence-electron chi connectivity index (χ0n) is 19.6. The molecule has 160 valence electrons. The molecule has 0 amide bonds. The van der Waals surface area contributed by atoms with Gasteiger partial charge in [0.2, 0.25) is 0 Å². The van der Waals surface area contributed by atoms with Gasteiger partial charge in [-0.1, -0.05) is 118 Å². The van der Waals surface area contributed by atoms with Crippen molar-refractivity contribution in [1.82, 2.24) is 0 Å². The van der Waals surface area contributed by atoms with Crippen LogP contribution in [0.15, 0.2) is 126 Å². The van der Waals surface area contributed by atoms with Crippen LogP contribution in [0.2, 0.25) is 0 Å². The molecule has 0 aromatic heterocycles. The Labute approximate surface area is 185 Å². The standard InChI is InChI=1S/C29H39N/c1-9-12-15-17-20-27(7)29(30-28(8)26(6)19-16-13-10-2)23-25(5)22-21-24(4)18-14-11-3/h10-21,23,27H,2-3,8-9,22H2,1,4-7H3/b15-12-,16-13-,18-14-,20-17-,24-21-,25-23+,26-19+,30-29+. The molecule has 0 aliphatic carbocycles. The molecule has 0 fully saturated rings. The molecular weight excluding hydrogens is 362 g/mol. The van der Waals surface area contributed by atoms with Gasteiger partial charge in [0.25, 0.3) is 0 Å². The van der Waals surface area contributed by atoms with Crippen LogP contribution in [-0.4, -0.2) is 5.71 Å². The van der Waals surface area contributed by atoms with Gasteiger partial charge >= 0.3 is 0 Å². The minimum absolute atomic E-state index is 0.181. The Bertz CT molecular complexity index is 801. The number of hydrogen-bond donors (Lipinski definition) is 0. The highest BCUT2D eigenvalue weighted by atomic mass is 14.8. The monoisotopic (exact) mass is 401 g/mol. The predicted octanol–water partition coefficient (Wildman–Crippen LogP) is 8.81. The smallest absolute Gasteiger partial charge is 0.0590 e. The van der Waals surface area contributed by atoms with E-state index in [-0.39, 0.29) is 5.92 Å². The first-order chi connectivity index (χ1) is 14.3. The molecule has 1 nitrogen and oxygen atoms in total. The van der Waals surface area contributed by atoms with Crippen molar-refractivity contribution in [2.75, 3.05) is 0 Å². The molecule has 0 heterocycles. The molecule has 1 atom stereocenters. The van der Waals surface area contributed by atoms with Gasteiger partial charge in [-0.2, -0.15) is 0 Å². The molecule has 0 saturated heterocycles. The van der Waals surface area contributed by atoms with Crippen LogP contribution in [0, 0.1) is 5.92 Å². The third-order valence-corrected chi connectivity index (χ3v) is 4.30. The molecule has 0 aromatic carbocycles. The van der Waals surface area contributed by atoms with Gasteiger partial charge in [0.1, 0.15) is 0 Å². The second-order valence-electron chi connectivity index (χ2n) is 7.20. The molecule has 0 aromatic rings. The number of rotatable bonds is 13. The molecule has 0 rings (SSSR count). The summed E-state index contributed by atoms with van der Waals surface area (Å²) in [5.74, 6) is 0.181. The summed E-state index contributed by atoms with van der Waals surface area (Å²) in [5, 5.41) is 0. The van der Waals surface area contributed by atoms with Crippen molar-refractivity contribution in [1.29, 1.82) is 0 Å². The molecule has 0 N–H and O–H groups in total. The first-order valence-electron chi connectivity index (χ1n) is 10.6. The van der Waals surface area contributed by atoms with Crippen molar-refractivity contribution in [2.24, 2.45) is 10.9 Å². The van der Waals surface area contributed by atoms with Gasteiger partial charge in [0, 0.05) is 11.6 Å². The van der Waals surface area contributed by atoms with E-state index in [2.05, 4.69) is 90.0 Å². The maximum Gasteiger partial charge on any atom is 0.0590 e. The van der Waals surface area contributed by atoms with Crippen molar-refractivity contribution in [2.45, 2.75) is 47.5 Å². The second-order valence-corrected chi connectivity index (χ2v) is 7.20. The molecule has 1 unspecified atom stereocenters. The van der Waals surface area contributed by atoms with Gasteiger partial charge in [-0.25, -0.2) is 0 Å². The molecule has 0 radical (unpaired) electrons. The Morgan fingerprint density at radius 1 is 0.967 bits per heavy atom. The summed E-state index contributed by atoms with van der Waals surface area (Å²) in [6.07, 6.45) is 28.2. The van der Waals surface area contributed by atoms with E-state index in [1.165, 1.54) is 11.1 Å². The number of nitrogens with zero attached hydrogens (tertiary/aromatic N) is 1. The fourth-order valence-corrected chi connectivity index (χ4v) is 2.35. The zero-order valence-corrected chi connectivity index (χ0v) is 19.6. The van der Waals surface area contributed by atoms with Crippen molar-refractivity contribution < 1.29 is 0 Å². The lowest BCUT2D eigenvalue weighted by Gasteiger charge is -2.11. The molecule has 0 bridgehead atoms. The summed E-state index contributed by atoms with van der Waals surface area (Å²) in [6, 6.07) is 0. The highest BCUT2D eigenvalue weighted by Crippen LogP contribution is 2.16. The molecule has 0 saturated carbocycles. The van der Waals surface area contributed by atoms with Crippen molar-refractivity contribution in [3.8, 4) is 0 Å². The van der Waals surface area contributed by atoms with Crippen LogP contribution in [0.25, 0.3) is 0 Å². The largest absolute Gasteiger partial charge is 0.253 e. The third kappa shape index (κ3) is 13.3. The van der Waals surface area contributed by atoms with E-state index in [1.54, 1.807) is 12.2 Å². The van der Waals surface area contributed by atoms with Crippen LogP contribution in [0.1, 0.15) is 47.5 Å². The predicted molar refractivity (Wildman–Crippen MR) is 139 cm³/mol. The van der Waals surface area contributed by atoms with Gasteiger partial charge < -0.3 is 0 Å². The second kappa shape index (κ2) is 17.0. The first kappa shape index (κ1) is 27.1. The Kier molecular flexibility index (Phi) is 15.3. The Morgan fingerprint density at radius 2 is 1.67 bits per heavy atom. The summed E-state index contributed by atoms with van der Waals surface area (Å²) < 4.78 is 0. The molecule has 1 heteroatoms. The Hall–Kier alpha value is -2.93. The van der Waals surface area contributed by atoms with E-state index >= 15 is 0 Å². The lowest BCUT2D eigenvalue weighted by Crippen LogP contribution is -2.07. The van der Waals surface area contributed by atoms with Crippen LogP contribution in [0.4, 0.5) is 0 Å². The van der Waals surface area contributed by atoms with Crippen LogP contribution in [0.3, 0.4) is 0 Å². The van der Waals surface area contributed by atoms with Gasteiger partial charge in [0.05, 0.1) is 5.70 Å². The van der Waals surface area contributed by atoms with Crippen LogP contribution >= 0.6 is 0 Å². The average molecular weight is 402 g/mol. The van der Waals surface area contributed by atoms with Crippen LogP contribution in [0.5, 0.6) is 0 Å². The quantitative estimate of drug-likeness (QED) is 0.216. The molecular formula is C29H39N. The maximum atomic E-state index is 4.87. The van der Waals surface area contributed by atoms with Crippen molar-refractivity contribution >= 4 is 5.71 Å². The first-order valence-corrected chi connectivity index (χ1v) is 10.6. The van der Waals surface area contributed by atoms with Crippen molar-refractivity contribution in [3.63, 3.8) is 0 Å². The van der Waals surface area contributed by atoms with Gasteiger partial charge in [-0.05, 0) is 45.3 Å². The van der Waals surface area contributed by atoms with E-state index in [0.717, 1.165) is 29.8 Å². The minimum Gasteiger partial charge on any atom is -0.253 e.